The van der Waals surface area contributed by atoms with Crippen molar-refractivity contribution in [3.05, 3.63) is 36.9 Å². The van der Waals surface area contributed by atoms with E-state index < -0.39 is 0 Å². The van der Waals surface area contributed by atoms with E-state index in [0.29, 0.717) is 0 Å². The van der Waals surface area contributed by atoms with Gasteiger partial charge in [-0.2, -0.15) is 0 Å². The van der Waals surface area contributed by atoms with E-state index in [1.807, 2.05) is 38.1 Å². The highest BCUT2D eigenvalue weighted by Crippen LogP contribution is 2.28. The van der Waals surface area contributed by atoms with Gasteiger partial charge < -0.3 is 9.64 Å². The van der Waals surface area contributed by atoms with Gasteiger partial charge in [0.2, 0.25) is 0 Å². The van der Waals surface area contributed by atoms with Gasteiger partial charge in [-0.25, -0.2) is 0 Å². The predicted molar refractivity (Wildman–Crippen MR) is 95.6 cm³/mol. The van der Waals surface area contributed by atoms with Crippen LogP contribution < -0.4 is 9.64 Å². The van der Waals surface area contributed by atoms with Crippen molar-refractivity contribution < 1.29 is 9.53 Å². The first-order chi connectivity index (χ1) is 10.2. The highest BCUT2D eigenvalue weighted by Gasteiger charge is 2.29. The van der Waals surface area contributed by atoms with Crippen molar-refractivity contribution >= 4 is 11.6 Å². The van der Waals surface area contributed by atoms with Crippen molar-refractivity contribution in [2.45, 2.75) is 53.5 Å². The summed E-state index contributed by atoms with van der Waals surface area (Å²) >= 11 is 0. The second-order valence-corrected chi connectivity index (χ2v) is 6.47. The normalized spacial score (nSPS) is 10.5. The maximum Gasteiger partial charge on any atom is 0.250 e. The Bertz CT molecular complexity index is 458. The second-order valence-electron chi connectivity index (χ2n) is 6.47. The van der Waals surface area contributed by atoms with Crippen molar-refractivity contribution in [3.63, 3.8) is 0 Å². The molecule has 3 heteroatoms. The Morgan fingerprint density at radius 2 is 1.73 bits per heavy atom. The summed E-state index contributed by atoms with van der Waals surface area (Å²) < 4.78 is 5.12. The second kappa shape index (κ2) is 9.29. The lowest BCUT2D eigenvalue weighted by atomic mass is 9.98. The van der Waals surface area contributed by atoms with Crippen LogP contribution in [0.3, 0.4) is 0 Å². The summed E-state index contributed by atoms with van der Waals surface area (Å²) in [5, 5.41) is 0. The van der Waals surface area contributed by atoms with E-state index in [4.69, 9.17) is 4.74 Å². The van der Waals surface area contributed by atoms with Crippen LogP contribution in [0.15, 0.2) is 36.9 Å². The van der Waals surface area contributed by atoms with E-state index in [0.717, 1.165) is 23.8 Å². The van der Waals surface area contributed by atoms with Crippen molar-refractivity contribution in [2.24, 2.45) is 5.92 Å². The van der Waals surface area contributed by atoms with Crippen molar-refractivity contribution in [1.29, 1.82) is 0 Å². The zero-order chi connectivity index (χ0) is 17.3. The molecule has 1 aromatic carbocycles. The first-order valence-corrected chi connectivity index (χ1v) is 7.80. The molecule has 1 rings (SSSR count). The van der Waals surface area contributed by atoms with Crippen molar-refractivity contribution in [1.82, 2.24) is 0 Å². The molecule has 0 spiro atoms. The Balaban J connectivity index is 0.000000980. The molecule has 1 aromatic rings. The highest BCUT2D eigenvalue weighted by molar-refractivity contribution is 6.02. The van der Waals surface area contributed by atoms with E-state index in [2.05, 4.69) is 34.3 Å². The molecular formula is C19H31NO2. The number of carbonyl (C=O) groups excluding carboxylic acids is 1. The molecule has 1 amide bonds. The van der Waals surface area contributed by atoms with Crippen LogP contribution in [0.2, 0.25) is 0 Å². The zero-order valence-electron chi connectivity index (χ0n) is 15.1. The summed E-state index contributed by atoms with van der Waals surface area (Å²) in [4.78, 5) is 13.8. The number of rotatable bonds is 5. The van der Waals surface area contributed by atoms with Crippen LogP contribution in [0.5, 0.6) is 5.75 Å². The van der Waals surface area contributed by atoms with Crippen LogP contribution in [0, 0.1) is 5.92 Å². The Hall–Kier alpha value is -1.77. The standard InChI is InChI=1S/C15H21NO2.C4H10/c1-6-14(17)16(15(3,4)7-2)12-8-10-13(18-5)11-9-12;1-4(2)3/h6,8-11H,1,7H2,2-5H3;4H,1-3H3. The third kappa shape index (κ3) is 6.33. The van der Waals surface area contributed by atoms with Gasteiger partial charge in [0.05, 0.1) is 7.11 Å². The fourth-order valence-electron chi connectivity index (χ4n) is 1.76. The maximum absolute atomic E-state index is 12.0. The monoisotopic (exact) mass is 305 g/mol. The molecule has 0 N–H and O–H groups in total. The number of benzene rings is 1. The number of amides is 1. The molecule has 0 unspecified atom stereocenters. The van der Waals surface area contributed by atoms with Crippen LogP contribution in [0.1, 0.15) is 48.0 Å². The third-order valence-electron chi connectivity index (χ3n) is 3.20. The molecular weight excluding hydrogens is 274 g/mol. The van der Waals surface area contributed by atoms with Crippen LogP contribution in [-0.2, 0) is 4.79 Å². The van der Waals surface area contributed by atoms with Crippen LogP contribution in [-0.4, -0.2) is 18.6 Å². The average molecular weight is 305 g/mol. The number of anilines is 1. The molecule has 0 heterocycles. The summed E-state index contributed by atoms with van der Waals surface area (Å²) in [6.45, 7) is 16.2. The van der Waals surface area contributed by atoms with E-state index in [1.54, 1.807) is 12.0 Å². The summed E-state index contributed by atoms with van der Waals surface area (Å²) in [6.07, 6.45) is 2.21. The SMILES string of the molecule is C=CC(=O)N(c1ccc(OC)cc1)C(C)(C)CC.CC(C)C. The Labute approximate surface area is 136 Å². The summed E-state index contributed by atoms with van der Waals surface area (Å²) in [5.41, 5.74) is 0.604. The van der Waals surface area contributed by atoms with Gasteiger partial charge in [0, 0.05) is 11.2 Å². The van der Waals surface area contributed by atoms with E-state index in [9.17, 15) is 4.79 Å². The van der Waals surface area contributed by atoms with Crippen molar-refractivity contribution in [3.8, 4) is 5.75 Å². The van der Waals surface area contributed by atoms with Crippen molar-refractivity contribution in [2.75, 3.05) is 12.0 Å². The molecule has 0 saturated carbocycles. The average Bonchev–Trinajstić information content (AvgIpc) is 2.47. The van der Waals surface area contributed by atoms with Gasteiger partial charge in [0.1, 0.15) is 5.75 Å². The lowest BCUT2D eigenvalue weighted by molar-refractivity contribution is -0.115. The minimum absolute atomic E-state index is 0.0907. The molecule has 0 aliphatic heterocycles. The highest BCUT2D eigenvalue weighted by atomic mass is 16.5. The van der Waals surface area contributed by atoms with Gasteiger partial charge >= 0.3 is 0 Å². The number of nitrogens with zero attached hydrogens (tertiary/aromatic N) is 1. The minimum atomic E-state index is -0.250. The van der Waals surface area contributed by atoms with Gasteiger partial charge in [-0.15, -0.1) is 0 Å². The molecule has 0 fully saturated rings. The fraction of sp³-hybridized carbons (Fsp3) is 0.526. The maximum atomic E-state index is 12.0. The molecule has 0 saturated heterocycles. The first-order valence-electron chi connectivity index (χ1n) is 7.80. The lowest BCUT2D eigenvalue weighted by Crippen LogP contribution is -2.47. The number of carbonyl (C=O) groups is 1. The fourth-order valence-corrected chi connectivity index (χ4v) is 1.76. The number of ether oxygens (including phenoxy) is 1. The van der Waals surface area contributed by atoms with Gasteiger partial charge in [-0.1, -0.05) is 34.3 Å². The molecule has 124 valence electrons. The van der Waals surface area contributed by atoms with Crippen LogP contribution >= 0.6 is 0 Å². The zero-order valence-corrected chi connectivity index (χ0v) is 15.1. The van der Waals surface area contributed by atoms with Gasteiger partial charge in [0.15, 0.2) is 0 Å². The number of methoxy groups -OCH3 is 1. The summed E-state index contributed by atoms with van der Waals surface area (Å²) in [6, 6.07) is 7.48. The molecule has 22 heavy (non-hydrogen) atoms. The molecule has 0 aliphatic rings. The summed E-state index contributed by atoms with van der Waals surface area (Å²) in [7, 11) is 1.62. The third-order valence-corrected chi connectivity index (χ3v) is 3.20. The number of hydrogen-bond donors (Lipinski definition) is 0. The largest absolute Gasteiger partial charge is 0.497 e. The molecule has 0 aliphatic carbocycles. The smallest absolute Gasteiger partial charge is 0.250 e. The predicted octanol–water partition coefficient (Wildman–Crippen LogP) is 5.07. The molecule has 0 atom stereocenters. The van der Waals surface area contributed by atoms with Crippen LogP contribution in [0.25, 0.3) is 0 Å². The van der Waals surface area contributed by atoms with E-state index in [1.165, 1.54) is 6.08 Å². The Kier molecular flexibility index (Phi) is 8.54. The minimum Gasteiger partial charge on any atom is -0.497 e. The van der Waals surface area contributed by atoms with E-state index >= 15 is 0 Å². The van der Waals surface area contributed by atoms with Gasteiger partial charge in [-0.3, -0.25) is 4.79 Å². The lowest BCUT2D eigenvalue weighted by Gasteiger charge is -2.37. The topological polar surface area (TPSA) is 29.5 Å². The molecule has 0 aromatic heterocycles. The molecule has 0 bridgehead atoms. The first kappa shape index (κ1) is 20.2. The van der Waals surface area contributed by atoms with Gasteiger partial charge in [0.25, 0.3) is 5.91 Å². The summed E-state index contributed by atoms with van der Waals surface area (Å²) in [5.74, 6) is 1.52. The quantitative estimate of drug-likeness (QED) is 0.711. The molecule has 3 nitrogen and oxygen atoms in total. The molecule has 0 radical (unpaired) electrons. The van der Waals surface area contributed by atoms with Gasteiger partial charge in [-0.05, 0) is 56.5 Å². The number of hydrogen-bond acceptors (Lipinski definition) is 2. The Morgan fingerprint density at radius 1 is 1.27 bits per heavy atom. The Morgan fingerprint density at radius 3 is 2.05 bits per heavy atom. The van der Waals surface area contributed by atoms with E-state index in [-0.39, 0.29) is 11.4 Å². The van der Waals surface area contributed by atoms with Crippen LogP contribution in [0.4, 0.5) is 5.69 Å².